The summed E-state index contributed by atoms with van der Waals surface area (Å²) in [6, 6.07) is 13.8. The lowest BCUT2D eigenvalue weighted by Crippen LogP contribution is -2.43. The van der Waals surface area contributed by atoms with Crippen LogP contribution in [0.15, 0.2) is 42.5 Å². The molecule has 3 rings (SSSR count). The third-order valence-corrected chi connectivity index (χ3v) is 4.95. The molecule has 27 heavy (non-hydrogen) atoms. The molecule has 2 aromatic carbocycles. The quantitative estimate of drug-likeness (QED) is 0.576. The summed E-state index contributed by atoms with van der Waals surface area (Å²) in [6.45, 7) is 3.93. The molecule has 1 aliphatic rings. The van der Waals surface area contributed by atoms with E-state index in [-0.39, 0.29) is 13.2 Å². The predicted molar refractivity (Wildman–Crippen MR) is 102 cm³/mol. The third-order valence-electron chi connectivity index (χ3n) is 4.95. The number of esters is 2. The van der Waals surface area contributed by atoms with E-state index in [1.807, 2.05) is 42.5 Å². The number of fused-ring (bicyclic) bond motifs is 1. The summed E-state index contributed by atoms with van der Waals surface area (Å²) in [5.74, 6) is -0.222. The summed E-state index contributed by atoms with van der Waals surface area (Å²) in [7, 11) is 1.63. The molecule has 0 saturated heterocycles. The van der Waals surface area contributed by atoms with Crippen molar-refractivity contribution in [1.82, 2.24) is 0 Å². The normalized spacial score (nSPS) is 14.3. The van der Waals surface area contributed by atoms with Gasteiger partial charge in [-0.25, -0.2) is 0 Å². The third kappa shape index (κ3) is 3.54. The Hall–Kier alpha value is -2.82. The van der Waals surface area contributed by atoms with Crippen LogP contribution in [0.5, 0.6) is 5.75 Å². The zero-order chi connectivity index (χ0) is 19.4. The average molecular weight is 368 g/mol. The van der Waals surface area contributed by atoms with E-state index in [1.165, 1.54) is 0 Å². The Morgan fingerprint density at radius 2 is 1.41 bits per heavy atom. The molecular weight excluding hydrogens is 344 g/mol. The van der Waals surface area contributed by atoms with Crippen molar-refractivity contribution >= 4 is 11.9 Å². The minimum Gasteiger partial charge on any atom is -0.497 e. The summed E-state index contributed by atoms with van der Waals surface area (Å²) in [4.78, 5) is 25.3. The molecule has 0 radical (unpaired) electrons. The summed E-state index contributed by atoms with van der Waals surface area (Å²) >= 11 is 0. The van der Waals surface area contributed by atoms with E-state index >= 15 is 0 Å². The SMILES string of the molecule is CCOC(=O)C1(C(=O)OCC)Cc2ccc(-c3ccc(OC)cc3)cc2C1. The lowest BCUT2D eigenvalue weighted by Gasteiger charge is -2.23. The van der Waals surface area contributed by atoms with Crippen molar-refractivity contribution in [2.45, 2.75) is 26.7 Å². The Morgan fingerprint density at radius 3 is 1.96 bits per heavy atom. The predicted octanol–water partition coefficient (Wildman–Crippen LogP) is 3.57. The number of benzene rings is 2. The molecule has 0 aliphatic heterocycles. The van der Waals surface area contributed by atoms with Crippen molar-refractivity contribution in [1.29, 1.82) is 0 Å². The van der Waals surface area contributed by atoms with Crippen LogP contribution >= 0.6 is 0 Å². The van der Waals surface area contributed by atoms with Gasteiger partial charge >= 0.3 is 11.9 Å². The Labute approximate surface area is 159 Å². The van der Waals surface area contributed by atoms with E-state index in [2.05, 4.69) is 0 Å². The van der Waals surface area contributed by atoms with Gasteiger partial charge < -0.3 is 14.2 Å². The first-order valence-corrected chi connectivity index (χ1v) is 9.14. The molecule has 0 N–H and O–H groups in total. The fraction of sp³-hybridized carbons (Fsp3) is 0.364. The molecule has 0 heterocycles. The Morgan fingerprint density at radius 1 is 0.852 bits per heavy atom. The maximum absolute atomic E-state index is 12.6. The van der Waals surface area contributed by atoms with Gasteiger partial charge in [-0.05, 0) is 61.1 Å². The topological polar surface area (TPSA) is 61.8 Å². The van der Waals surface area contributed by atoms with E-state index < -0.39 is 17.4 Å². The smallest absolute Gasteiger partial charge is 0.324 e. The first-order chi connectivity index (χ1) is 13.0. The molecule has 5 heteroatoms. The molecule has 2 aromatic rings. The maximum Gasteiger partial charge on any atom is 0.324 e. The van der Waals surface area contributed by atoms with Crippen LogP contribution in [-0.4, -0.2) is 32.3 Å². The van der Waals surface area contributed by atoms with Crippen LogP contribution in [0.4, 0.5) is 0 Å². The van der Waals surface area contributed by atoms with Gasteiger partial charge in [0.25, 0.3) is 0 Å². The Balaban J connectivity index is 1.93. The van der Waals surface area contributed by atoms with E-state index in [9.17, 15) is 9.59 Å². The van der Waals surface area contributed by atoms with Crippen LogP contribution in [0.3, 0.4) is 0 Å². The highest BCUT2D eigenvalue weighted by atomic mass is 16.6. The molecule has 1 aliphatic carbocycles. The number of rotatable bonds is 6. The Bertz CT molecular complexity index is 820. The largest absolute Gasteiger partial charge is 0.497 e. The molecule has 142 valence electrons. The minimum atomic E-state index is -1.28. The molecular formula is C22H24O5. The highest BCUT2D eigenvalue weighted by molar-refractivity contribution is 6.01. The zero-order valence-corrected chi connectivity index (χ0v) is 15.9. The summed E-state index contributed by atoms with van der Waals surface area (Å²) in [6.07, 6.45) is 0.604. The second kappa shape index (κ2) is 7.82. The van der Waals surface area contributed by atoms with Crippen molar-refractivity contribution in [3.63, 3.8) is 0 Å². The fourth-order valence-corrected chi connectivity index (χ4v) is 3.55. The van der Waals surface area contributed by atoms with Crippen LogP contribution in [0.25, 0.3) is 11.1 Å². The molecule has 0 bridgehead atoms. The monoisotopic (exact) mass is 368 g/mol. The van der Waals surface area contributed by atoms with Gasteiger partial charge in [0, 0.05) is 0 Å². The number of hydrogen-bond acceptors (Lipinski definition) is 5. The molecule has 0 atom stereocenters. The number of carbonyl (C=O) groups excluding carboxylic acids is 2. The Kier molecular flexibility index (Phi) is 5.49. The van der Waals surface area contributed by atoms with E-state index in [4.69, 9.17) is 14.2 Å². The van der Waals surface area contributed by atoms with Crippen LogP contribution in [-0.2, 0) is 31.9 Å². The molecule has 0 amide bonds. The van der Waals surface area contributed by atoms with Gasteiger partial charge in [0.1, 0.15) is 5.75 Å². The number of methoxy groups -OCH3 is 1. The van der Waals surface area contributed by atoms with Gasteiger partial charge in [0.05, 0.1) is 20.3 Å². The van der Waals surface area contributed by atoms with Crippen LogP contribution < -0.4 is 4.74 Å². The van der Waals surface area contributed by atoms with E-state index in [0.29, 0.717) is 12.8 Å². The highest BCUT2D eigenvalue weighted by Gasteiger charge is 2.52. The van der Waals surface area contributed by atoms with Crippen molar-refractivity contribution in [2.24, 2.45) is 5.41 Å². The van der Waals surface area contributed by atoms with Crippen molar-refractivity contribution in [3.8, 4) is 16.9 Å². The second-order valence-electron chi connectivity index (χ2n) is 6.59. The highest BCUT2D eigenvalue weighted by Crippen LogP contribution is 2.41. The van der Waals surface area contributed by atoms with Crippen molar-refractivity contribution < 1.29 is 23.8 Å². The number of carbonyl (C=O) groups is 2. The minimum absolute atomic E-state index is 0.230. The fourth-order valence-electron chi connectivity index (χ4n) is 3.55. The van der Waals surface area contributed by atoms with Gasteiger partial charge in [0.15, 0.2) is 5.41 Å². The van der Waals surface area contributed by atoms with E-state index in [0.717, 1.165) is 28.0 Å². The van der Waals surface area contributed by atoms with Gasteiger partial charge in [-0.2, -0.15) is 0 Å². The van der Waals surface area contributed by atoms with E-state index in [1.54, 1.807) is 21.0 Å². The standard InChI is InChI=1S/C22H24O5/c1-4-26-20(23)22(21(24)27-5-2)13-17-7-6-16(12-18(17)14-22)15-8-10-19(25-3)11-9-15/h6-12H,4-5,13-14H2,1-3H3. The second-order valence-corrected chi connectivity index (χ2v) is 6.59. The van der Waals surface area contributed by atoms with Gasteiger partial charge in [0.2, 0.25) is 0 Å². The zero-order valence-electron chi connectivity index (χ0n) is 15.9. The van der Waals surface area contributed by atoms with Gasteiger partial charge in [-0.3, -0.25) is 9.59 Å². The number of hydrogen-bond donors (Lipinski definition) is 0. The molecule has 0 unspecified atom stereocenters. The van der Waals surface area contributed by atoms with Crippen LogP contribution in [0.1, 0.15) is 25.0 Å². The summed E-state index contributed by atoms with van der Waals surface area (Å²) < 4.78 is 15.6. The molecule has 0 aromatic heterocycles. The number of ether oxygens (including phenoxy) is 3. The lowest BCUT2D eigenvalue weighted by atomic mass is 9.84. The van der Waals surface area contributed by atoms with Gasteiger partial charge in [-0.1, -0.05) is 30.3 Å². The summed E-state index contributed by atoms with van der Waals surface area (Å²) in [5.41, 5.74) is 2.74. The molecule has 5 nitrogen and oxygen atoms in total. The summed E-state index contributed by atoms with van der Waals surface area (Å²) in [5, 5.41) is 0. The van der Waals surface area contributed by atoms with Crippen molar-refractivity contribution in [2.75, 3.05) is 20.3 Å². The molecule has 0 fully saturated rings. The maximum atomic E-state index is 12.6. The van der Waals surface area contributed by atoms with Gasteiger partial charge in [-0.15, -0.1) is 0 Å². The first kappa shape index (κ1) is 19.0. The lowest BCUT2D eigenvalue weighted by molar-refractivity contribution is -0.171. The van der Waals surface area contributed by atoms with Crippen molar-refractivity contribution in [3.05, 3.63) is 53.6 Å². The molecule has 0 saturated carbocycles. The van der Waals surface area contributed by atoms with Crippen LogP contribution in [0.2, 0.25) is 0 Å². The van der Waals surface area contributed by atoms with Crippen LogP contribution in [0, 0.1) is 5.41 Å². The average Bonchev–Trinajstić information content (AvgIpc) is 3.08. The first-order valence-electron chi connectivity index (χ1n) is 9.14. The molecule has 0 spiro atoms.